The predicted octanol–water partition coefficient (Wildman–Crippen LogP) is 0.770. The molecule has 0 aromatic carbocycles. The SMILES string of the molecule is CC1(C(=O)N2CCC[C@@H]2CO)CC1. The molecule has 2 aliphatic rings. The van der Waals surface area contributed by atoms with Gasteiger partial charge in [-0.1, -0.05) is 6.92 Å². The number of amides is 1. The first-order valence-electron chi connectivity index (χ1n) is 5.09. The number of carbonyl (C=O) groups excluding carboxylic acids is 1. The van der Waals surface area contributed by atoms with Gasteiger partial charge in [-0.05, 0) is 25.7 Å². The maximum atomic E-state index is 11.9. The molecular weight excluding hydrogens is 166 g/mol. The molecule has 1 N–H and O–H groups in total. The van der Waals surface area contributed by atoms with Gasteiger partial charge in [0.25, 0.3) is 0 Å². The van der Waals surface area contributed by atoms with Crippen LogP contribution in [-0.4, -0.2) is 35.1 Å². The number of nitrogens with zero attached hydrogens (tertiary/aromatic N) is 1. The summed E-state index contributed by atoms with van der Waals surface area (Å²) in [5.41, 5.74) is -0.0717. The lowest BCUT2D eigenvalue weighted by Crippen LogP contribution is -2.41. The molecule has 1 saturated heterocycles. The molecule has 1 aliphatic carbocycles. The second kappa shape index (κ2) is 2.98. The number of carbonyl (C=O) groups is 1. The van der Waals surface area contributed by atoms with Gasteiger partial charge in [0, 0.05) is 12.0 Å². The summed E-state index contributed by atoms with van der Waals surface area (Å²) in [6.07, 6.45) is 4.08. The maximum Gasteiger partial charge on any atom is 0.228 e. The van der Waals surface area contributed by atoms with Crippen molar-refractivity contribution >= 4 is 5.91 Å². The van der Waals surface area contributed by atoms with Crippen molar-refractivity contribution in [2.24, 2.45) is 5.41 Å². The van der Waals surface area contributed by atoms with Crippen LogP contribution in [0.1, 0.15) is 32.6 Å². The Hall–Kier alpha value is -0.570. The van der Waals surface area contributed by atoms with Crippen LogP contribution >= 0.6 is 0 Å². The van der Waals surface area contributed by atoms with Gasteiger partial charge >= 0.3 is 0 Å². The molecule has 3 nitrogen and oxygen atoms in total. The smallest absolute Gasteiger partial charge is 0.228 e. The normalized spacial score (nSPS) is 30.6. The highest BCUT2D eigenvalue weighted by molar-refractivity contribution is 5.85. The maximum absolute atomic E-state index is 11.9. The van der Waals surface area contributed by atoms with E-state index in [0.717, 1.165) is 32.2 Å². The average Bonchev–Trinajstić information content (AvgIpc) is 2.71. The standard InChI is InChI=1S/C10H17NO2/c1-10(4-5-10)9(13)11-6-2-3-8(11)7-12/h8,12H,2-7H2,1H3/t8-/m1/s1. The molecule has 2 rings (SSSR count). The van der Waals surface area contributed by atoms with Gasteiger partial charge in [0.2, 0.25) is 5.91 Å². The van der Waals surface area contributed by atoms with Crippen LogP contribution in [0.3, 0.4) is 0 Å². The first kappa shape index (κ1) is 9.00. The van der Waals surface area contributed by atoms with Crippen LogP contribution in [0.25, 0.3) is 0 Å². The van der Waals surface area contributed by atoms with E-state index in [0.29, 0.717) is 0 Å². The molecule has 74 valence electrons. The number of likely N-dealkylation sites (tertiary alicyclic amines) is 1. The Labute approximate surface area is 78.7 Å². The lowest BCUT2D eigenvalue weighted by molar-refractivity contribution is -0.137. The fourth-order valence-electron chi connectivity index (χ4n) is 2.04. The van der Waals surface area contributed by atoms with Crippen molar-refractivity contribution in [1.29, 1.82) is 0 Å². The Balaban J connectivity index is 2.03. The van der Waals surface area contributed by atoms with Crippen molar-refractivity contribution in [3.63, 3.8) is 0 Å². The molecule has 0 unspecified atom stereocenters. The van der Waals surface area contributed by atoms with Crippen LogP contribution in [0.15, 0.2) is 0 Å². The van der Waals surface area contributed by atoms with Crippen LogP contribution < -0.4 is 0 Å². The summed E-state index contributed by atoms with van der Waals surface area (Å²) in [4.78, 5) is 13.8. The van der Waals surface area contributed by atoms with Crippen molar-refractivity contribution in [1.82, 2.24) is 4.90 Å². The molecule has 0 spiro atoms. The minimum Gasteiger partial charge on any atom is -0.394 e. The summed E-state index contributed by atoms with van der Waals surface area (Å²) >= 11 is 0. The average molecular weight is 183 g/mol. The van der Waals surface area contributed by atoms with E-state index in [1.165, 1.54) is 0 Å². The summed E-state index contributed by atoms with van der Waals surface area (Å²) in [6, 6.07) is 0.102. The zero-order valence-electron chi connectivity index (χ0n) is 8.12. The predicted molar refractivity (Wildman–Crippen MR) is 49.2 cm³/mol. The van der Waals surface area contributed by atoms with Crippen LogP contribution in [0.5, 0.6) is 0 Å². The van der Waals surface area contributed by atoms with E-state index in [4.69, 9.17) is 5.11 Å². The highest BCUT2D eigenvalue weighted by Gasteiger charge is 2.48. The summed E-state index contributed by atoms with van der Waals surface area (Å²) in [5, 5.41) is 9.08. The lowest BCUT2D eigenvalue weighted by atomic mass is 10.1. The third-order valence-electron chi connectivity index (χ3n) is 3.37. The van der Waals surface area contributed by atoms with Gasteiger partial charge in [-0.15, -0.1) is 0 Å². The molecule has 1 atom stereocenters. The molecule has 13 heavy (non-hydrogen) atoms. The second-order valence-electron chi connectivity index (χ2n) is 4.54. The zero-order chi connectivity index (χ0) is 9.47. The lowest BCUT2D eigenvalue weighted by Gasteiger charge is -2.26. The van der Waals surface area contributed by atoms with Gasteiger partial charge in [-0.3, -0.25) is 4.79 Å². The van der Waals surface area contributed by atoms with Crippen molar-refractivity contribution in [3.05, 3.63) is 0 Å². The summed E-state index contributed by atoms with van der Waals surface area (Å²) in [6.45, 7) is 3.00. The summed E-state index contributed by atoms with van der Waals surface area (Å²) < 4.78 is 0. The Morgan fingerprint density at radius 1 is 1.62 bits per heavy atom. The zero-order valence-corrected chi connectivity index (χ0v) is 8.12. The van der Waals surface area contributed by atoms with Crippen LogP contribution in [0.4, 0.5) is 0 Å². The number of hydrogen-bond donors (Lipinski definition) is 1. The van der Waals surface area contributed by atoms with Crippen molar-refractivity contribution < 1.29 is 9.90 Å². The van der Waals surface area contributed by atoms with E-state index in [2.05, 4.69) is 0 Å². The molecule has 1 saturated carbocycles. The quantitative estimate of drug-likeness (QED) is 0.687. The van der Waals surface area contributed by atoms with Crippen molar-refractivity contribution in [3.8, 4) is 0 Å². The summed E-state index contributed by atoms with van der Waals surface area (Å²) in [5.74, 6) is 0.268. The van der Waals surface area contributed by atoms with Crippen LogP contribution in [-0.2, 0) is 4.79 Å². The van der Waals surface area contributed by atoms with E-state index in [-0.39, 0.29) is 24.0 Å². The molecule has 1 amide bonds. The minimum atomic E-state index is -0.0717. The molecule has 3 heteroatoms. The van der Waals surface area contributed by atoms with E-state index in [9.17, 15) is 4.79 Å². The minimum absolute atomic E-state index is 0.0717. The van der Waals surface area contributed by atoms with E-state index >= 15 is 0 Å². The van der Waals surface area contributed by atoms with Gasteiger partial charge in [-0.2, -0.15) is 0 Å². The first-order chi connectivity index (χ1) is 6.17. The fourth-order valence-corrected chi connectivity index (χ4v) is 2.04. The number of hydrogen-bond acceptors (Lipinski definition) is 2. The highest BCUT2D eigenvalue weighted by atomic mass is 16.3. The molecule has 0 aromatic heterocycles. The van der Waals surface area contributed by atoms with Crippen molar-refractivity contribution in [2.75, 3.05) is 13.2 Å². The second-order valence-corrected chi connectivity index (χ2v) is 4.54. The van der Waals surface area contributed by atoms with Crippen LogP contribution in [0, 0.1) is 5.41 Å². The van der Waals surface area contributed by atoms with E-state index < -0.39 is 0 Å². The van der Waals surface area contributed by atoms with Crippen molar-refractivity contribution in [2.45, 2.75) is 38.6 Å². The molecule has 1 aliphatic heterocycles. The van der Waals surface area contributed by atoms with Crippen LogP contribution in [0.2, 0.25) is 0 Å². The monoisotopic (exact) mass is 183 g/mol. The van der Waals surface area contributed by atoms with Gasteiger partial charge in [0.05, 0.1) is 12.6 Å². The number of aliphatic hydroxyl groups excluding tert-OH is 1. The Morgan fingerprint density at radius 3 is 2.85 bits per heavy atom. The van der Waals surface area contributed by atoms with E-state index in [1.54, 1.807) is 0 Å². The van der Waals surface area contributed by atoms with E-state index in [1.807, 2.05) is 11.8 Å². The third-order valence-corrected chi connectivity index (χ3v) is 3.37. The van der Waals surface area contributed by atoms with Gasteiger partial charge in [0.15, 0.2) is 0 Å². The molecule has 0 bridgehead atoms. The van der Waals surface area contributed by atoms with Gasteiger partial charge in [0.1, 0.15) is 0 Å². The first-order valence-corrected chi connectivity index (χ1v) is 5.09. The Bertz CT molecular complexity index is 223. The van der Waals surface area contributed by atoms with Gasteiger partial charge < -0.3 is 10.0 Å². The molecule has 0 aromatic rings. The largest absolute Gasteiger partial charge is 0.394 e. The fraction of sp³-hybridized carbons (Fsp3) is 0.900. The third kappa shape index (κ3) is 1.46. The molecule has 0 radical (unpaired) electrons. The summed E-state index contributed by atoms with van der Waals surface area (Å²) in [7, 11) is 0. The van der Waals surface area contributed by atoms with Gasteiger partial charge in [-0.25, -0.2) is 0 Å². The Kier molecular flexibility index (Phi) is 2.06. The Morgan fingerprint density at radius 2 is 2.31 bits per heavy atom. The topological polar surface area (TPSA) is 40.5 Å². The molecule has 2 fully saturated rings. The molecular formula is C10H17NO2. The highest BCUT2D eigenvalue weighted by Crippen LogP contribution is 2.47. The molecule has 1 heterocycles. The number of aliphatic hydroxyl groups is 1. The number of rotatable bonds is 2.